The van der Waals surface area contributed by atoms with E-state index in [0.717, 1.165) is 31.5 Å². The molecule has 41 heavy (non-hydrogen) atoms. The molecule has 6 rings (SSSR count). The summed E-state index contributed by atoms with van der Waals surface area (Å²) in [6.45, 7) is -3.47. The Morgan fingerprint density at radius 3 is 1.85 bits per heavy atom. The monoisotopic (exact) mass is 818 g/mol. The quantitative estimate of drug-likeness (QED) is 0.118. The molecular formula is C24H25Br2F4IN8O2. The van der Waals surface area contributed by atoms with Crippen molar-refractivity contribution >= 4 is 60.7 Å². The second-order valence-electron chi connectivity index (χ2n) is 9.56. The Kier molecular flexibility index (Phi) is 11.1. The zero-order chi connectivity index (χ0) is 29.7. The Morgan fingerprint density at radius 1 is 0.878 bits per heavy atom. The summed E-state index contributed by atoms with van der Waals surface area (Å²) in [5.41, 5.74) is 1.54. The lowest BCUT2D eigenvalue weighted by atomic mass is 10.1. The first kappa shape index (κ1) is 31.8. The van der Waals surface area contributed by atoms with Crippen LogP contribution in [0.2, 0.25) is 0 Å². The van der Waals surface area contributed by atoms with Crippen molar-refractivity contribution in [2.45, 2.75) is 58.0 Å². The fourth-order valence-electron chi connectivity index (χ4n) is 3.58. The van der Waals surface area contributed by atoms with Gasteiger partial charge in [-0.3, -0.25) is 14.2 Å². The highest BCUT2D eigenvalue weighted by Gasteiger charge is 2.24. The molecule has 1 N–H and O–H groups in total. The van der Waals surface area contributed by atoms with Gasteiger partial charge in [0.2, 0.25) is 0 Å². The van der Waals surface area contributed by atoms with Crippen molar-refractivity contribution in [2.75, 3.05) is 0 Å². The van der Waals surface area contributed by atoms with Crippen LogP contribution in [0.5, 0.6) is 0 Å². The first-order chi connectivity index (χ1) is 19.5. The SMILES string of the molecule is FC(F)n1cc(I)c(Br)n1.O=Cc1cnn(CC2CC2)c1.OC(c1cnn(CC2CC2)c1)c1cn(C(F)F)nc1Br. The summed E-state index contributed by atoms with van der Waals surface area (Å²) < 4.78 is 54.9. The lowest BCUT2D eigenvalue weighted by Gasteiger charge is -2.05. The number of hydrogen-bond donors (Lipinski definition) is 1. The first-order valence-corrected chi connectivity index (χ1v) is 15.1. The standard InChI is InChI=1S/C12H13BrF2N4O.C8H10N2O.C4H2BrF2IN2/c13-11-9(6-19(17-11)12(14)15)10(20)8-3-16-18(5-8)4-7-1-2-7;11-6-8-3-9-10(5-8)4-7-1-2-7;5-3-2(8)1-10(9-3)4(6)7/h3,5-7,10,12,20H,1-2,4H2;3,5-7H,1-2,4H2;1,4H. The van der Waals surface area contributed by atoms with Crippen molar-refractivity contribution in [3.63, 3.8) is 0 Å². The number of aromatic nitrogens is 8. The van der Waals surface area contributed by atoms with Crippen LogP contribution in [0.1, 0.15) is 66.4 Å². The van der Waals surface area contributed by atoms with Crippen LogP contribution in [-0.4, -0.2) is 50.5 Å². The second-order valence-corrected chi connectivity index (χ2v) is 12.2. The molecule has 10 nitrogen and oxygen atoms in total. The van der Waals surface area contributed by atoms with Crippen molar-refractivity contribution in [3.05, 3.63) is 66.6 Å². The highest BCUT2D eigenvalue weighted by atomic mass is 127. The molecule has 1 unspecified atom stereocenters. The summed E-state index contributed by atoms with van der Waals surface area (Å²) >= 11 is 8.01. The summed E-state index contributed by atoms with van der Waals surface area (Å²) in [6, 6.07) is 0. The normalized spacial score (nSPS) is 15.4. The number of aldehydes is 1. The fraction of sp³-hybridized carbons (Fsp3) is 0.458. The van der Waals surface area contributed by atoms with Crippen LogP contribution in [0.3, 0.4) is 0 Å². The third-order valence-corrected chi connectivity index (χ3v) is 8.83. The molecule has 1 atom stereocenters. The van der Waals surface area contributed by atoms with E-state index >= 15 is 0 Å². The van der Waals surface area contributed by atoms with Gasteiger partial charge < -0.3 is 5.11 Å². The van der Waals surface area contributed by atoms with Crippen molar-refractivity contribution in [3.8, 4) is 0 Å². The van der Waals surface area contributed by atoms with Gasteiger partial charge in [0.1, 0.15) is 15.3 Å². The predicted molar refractivity (Wildman–Crippen MR) is 154 cm³/mol. The largest absolute Gasteiger partial charge is 0.383 e. The van der Waals surface area contributed by atoms with Gasteiger partial charge in [0.15, 0.2) is 6.29 Å². The van der Waals surface area contributed by atoms with Gasteiger partial charge in [0, 0.05) is 49.0 Å². The Balaban J connectivity index is 0.000000156. The summed E-state index contributed by atoms with van der Waals surface area (Å²) in [6.07, 6.45) is 14.0. The lowest BCUT2D eigenvalue weighted by molar-refractivity contribution is 0.0557. The van der Waals surface area contributed by atoms with Gasteiger partial charge in [-0.2, -0.15) is 38.0 Å². The van der Waals surface area contributed by atoms with Crippen LogP contribution >= 0.6 is 54.5 Å². The molecule has 0 saturated heterocycles. The molecule has 4 aromatic heterocycles. The Bertz CT molecular complexity index is 1420. The maximum Gasteiger partial charge on any atom is 0.333 e. The third kappa shape index (κ3) is 9.44. The van der Waals surface area contributed by atoms with Crippen molar-refractivity contribution < 1.29 is 27.5 Å². The number of carbonyl (C=O) groups is 1. The van der Waals surface area contributed by atoms with E-state index < -0.39 is 19.2 Å². The minimum absolute atomic E-state index is 0.209. The van der Waals surface area contributed by atoms with Crippen molar-refractivity contribution in [1.82, 2.24) is 39.1 Å². The predicted octanol–water partition coefficient (Wildman–Crippen LogP) is 6.48. The van der Waals surface area contributed by atoms with E-state index in [4.69, 9.17) is 0 Å². The molecule has 4 heterocycles. The van der Waals surface area contributed by atoms with Crippen LogP contribution in [-0.2, 0) is 13.1 Å². The van der Waals surface area contributed by atoms with E-state index in [0.29, 0.717) is 40.1 Å². The number of carbonyl (C=O) groups excluding carboxylic acids is 1. The topological polar surface area (TPSA) is 109 Å². The van der Waals surface area contributed by atoms with E-state index in [2.05, 4.69) is 52.3 Å². The molecule has 222 valence electrons. The van der Waals surface area contributed by atoms with E-state index in [1.165, 1.54) is 31.9 Å². The van der Waals surface area contributed by atoms with E-state index in [9.17, 15) is 27.5 Å². The van der Waals surface area contributed by atoms with E-state index in [-0.39, 0.29) is 4.60 Å². The average molecular weight is 820 g/mol. The molecule has 0 spiro atoms. The Labute approximate surface area is 262 Å². The van der Waals surface area contributed by atoms with Crippen LogP contribution in [0.25, 0.3) is 0 Å². The van der Waals surface area contributed by atoms with Crippen molar-refractivity contribution in [1.29, 1.82) is 0 Å². The average Bonchev–Trinajstić information content (AvgIpc) is 3.71. The van der Waals surface area contributed by atoms with Gasteiger partial charge in [-0.1, -0.05) is 0 Å². The maximum atomic E-state index is 12.6. The number of alkyl halides is 4. The maximum absolute atomic E-state index is 12.6. The minimum atomic E-state index is -2.73. The highest BCUT2D eigenvalue weighted by molar-refractivity contribution is 14.1. The number of hydrogen-bond acceptors (Lipinski definition) is 6. The number of rotatable bonds is 9. The molecular weight excluding hydrogens is 795 g/mol. The molecule has 0 radical (unpaired) electrons. The van der Waals surface area contributed by atoms with Crippen LogP contribution in [0.4, 0.5) is 17.6 Å². The van der Waals surface area contributed by atoms with Crippen LogP contribution in [0, 0.1) is 15.4 Å². The highest BCUT2D eigenvalue weighted by Crippen LogP contribution is 2.32. The number of nitrogens with zero attached hydrogens (tertiary/aromatic N) is 8. The number of aliphatic hydroxyl groups is 1. The number of aliphatic hydroxyl groups excluding tert-OH is 1. The fourth-order valence-corrected chi connectivity index (χ4v) is 4.77. The molecule has 0 amide bonds. The lowest BCUT2D eigenvalue weighted by Crippen LogP contribution is -2.01. The Morgan fingerprint density at radius 2 is 1.41 bits per heavy atom. The van der Waals surface area contributed by atoms with Gasteiger partial charge in [-0.15, -0.1) is 0 Å². The molecule has 0 aliphatic heterocycles. The molecule has 2 saturated carbocycles. The van der Waals surface area contributed by atoms with Crippen molar-refractivity contribution in [2.24, 2.45) is 11.8 Å². The summed E-state index contributed by atoms with van der Waals surface area (Å²) in [7, 11) is 0. The van der Waals surface area contributed by atoms with Gasteiger partial charge in [0.25, 0.3) is 0 Å². The zero-order valence-electron chi connectivity index (χ0n) is 21.2. The Hall–Kier alpha value is -2.12. The van der Waals surface area contributed by atoms with Gasteiger partial charge >= 0.3 is 13.1 Å². The minimum Gasteiger partial charge on any atom is -0.383 e. The second kappa shape index (κ2) is 14.4. The van der Waals surface area contributed by atoms with Crippen LogP contribution in [0.15, 0.2) is 46.4 Å². The molecule has 0 bridgehead atoms. The molecule has 2 aliphatic carbocycles. The van der Waals surface area contributed by atoms with E-state index in [1.807, 2.05) is 27.3 Å². The molecule has 17 heteroatoms. The molecule has 0 aromatic carbocycles. The van der Waals surface area contributed by atoms with Gasteiger partial charge in [-0.25, -0.2) is 9.36 Å². The summed E-state index contributed by atoms with van der Waals surface area (Å²) in [4.78, 5) is 10.3. The molecule has 4 aromatic rings. The smallest absolute Gasteiger partial charge is 0.333 e. The van der Waals surface area contributed by atoms with Gasteiger partial charge in [0.05, 0.1) is 21.5 Å². The first-order valence-electron chi connectivity index (χ1n) is 12.4. The van der Waals surface area contributed by atoms with Gasteiger partial charge in [-0.05, 0) is 92.0 Å². The summed E-state index contributed by atoms with van der Waals surface area (Å²) in [5, 5.41) is 25.6. The third-order valence-electron chi connectivity index (χ3n) is 6.10. The molecule has 2 fully saturated rings. The van der Waals surface area contributed by atoms with Crippen LogP contribution < -0.4 is 0 Å². The molecule has 2 aliphatic rings. The summed E-state index contributed by atoms with van der Waals surface area (Å²) in [5.74, 6) is 1.49. The zero-order valence-corrected chi connectivity index (χ0v) is 26.6. The number of halogens is 7. The van der Waals surface area contributed by atoms with E-state index in [1.54, 1.807) is 29.5 Å².